The van der Waals surface area contributed by atoms with E-state index in [-0.39, 0.29) is 24.4 Å². The second kappa shape index (κ2) is 13.5. The van der Waals surface area contributed by atoms with Crippen molar-refractivity contribution in [1.29, 1.82) is 0 Å². The summed E-state index contributed by atoms with van der Waals surface area (Å²) in [7, 11) is -3.71. The zero-order valence-corrected chi connectivity index (χ0v) is 22.8. The molecular formula is C29H32N2O2RuS. The van der Waals surface area contributed by atoms with E-state index in [2.05, 4.69) is 42.8 Å². The third kappa shape index (κ3) is 8.22. The second-order valence-corrected chi connectivity index (χ2v) is 10.1. The van der Waals surface area contributed by atoms with E-state index in [0.717, 1.165) is 16.7 Å². The molecule has 0 fully saturated rings. The van der Waals surface area contributed by atoms with Crippen LogP contribution in [0.25, 0.3) is 0 Å². The SMILES string of the molecule is Cc1ccc(S(=O)(=O)N[C@@H](c2ccccc2)[C@@H](N)c2ccccc2)cc1.Cc1ccccc1C.[Ru]. The monoisotopic (exact) mass is 574 g/mol. The fourth-order valence-electron chi connectivity index (χ4n) is 3.49. The maximum atomic E-state index is 12.9. The molecule has 0 bridgehead atoms. The minimum Gasteiger partial charge on any atom is -0.322 e. The summed E-state index contributed by atoms with van der Waals surface area (Å²) >= 11 is 0. The number of hydrogen-bond donors (Lipinski definition) is 2. The molecule has 0 heterocycles. The third-order valence-corrected chi connectivity index (χ3v) is 7.20. The van der Waals surface area contributed by atoms with Gasteiger partial charge in [-0.05, 0) is 55.2 Å². The largest absolute Gasteiger partial charge is 0.322 e. The topological polar surface area (TPSA) is 72.2 Å². The molecule has 0 amide bonds. The predicted octanol–water partition coefficient (Wildman–Crippen LogP) is 6.02. The van der Waals surface area contributed by atoms with Gasteiger partial charge in [-0.1, -0.05) is 103 Å². The molecule has 35 heavy (non-hydrogen) atoms. The van der Waals surface area contributed by atoms with Crippen molar-refractivity contribution in [2.75, 3.05) is 0 Å². The molecule has 184 valence electrons. The van der Waals surface area contributed by atoms with Crippen molar-refractivity contribution in [3.63, 3.8) is 0 Å². The zero-order chi connectivity index (χ0) is 24.6. The van der Waals surface area contributed by atoms with Crippen molar-refractivity contribution in [1.82, 2.24) is 4.72 Å². The first-order chi connectivity index (χ1) is 16.3. The van der Waals surface area contributed by atoms with Gasteiger partial charge in [-0.2, -0.15) is 0 Å². The van der Waals surface area contributed by atoms with E-state index >= 15 is 0 Å². The van der Waals surface area contributed by atoms with Crippen LogP contribution in [0.4, 0.5) is 0 Å². The van der Waals surface area contributed by atoms with E-state index in [0.29, 0.717) is 0 Å². The molecule has 4 aromatic rings. The standard InChI is InChI=1S/C21H22N2O2S.C8H10.Ru/c1-16-12-14-19(15-13-16)26(24,25)23-21(18-10-6-3-7-11-18)20(22)17-8-4-2-5-9-17;1-7-5-3-4-6-8(7)2;/h2-15,20-21,23H,22H2,1H3;3-6H,1-2H3;/t20-,21-;;/m0../s1. The van der Waals surface area contributed by atoms with Gasteiger partial charge in [-0.15, -0.1) is 0 Å². The van der Waals surface area contributed by atoms with Gasteiger partial charge >= 0.3 is 0 Å². The van der Waals surface area contributed by atoms with Crippen LogP contribution < -0.4 is 10.5 Å². The van der Waals surface area contributed by atoms with Crippen molar-refractivity contribution >= 4 is 10.0 Å². The smallest absolute Gasteiger partial charge is 0.241 e. The van der Waals surface area contributed by atoms with Crippen LogP contribution in [0.1, 0.15) is 39.9 Å². The summed E-state index contributed by atoms with van der Waals surface area (Å²) in [6, 6.07) is 32.9. The zero-order valence-electron chi connectivity index (χ0n) is 20.2. The molecule has 0 spiro atoms. The minimum absolute atomic E-state index is 0. The first-order valence-electron chi connectivity index (χ1n) is 11.2. The third-order valence-electron chi connectivity index (χ3n) is 5.74. The predicted molar refractivity (Wildman–Crippen MR) is 140 cm³/mol. The van der Waals surface area contributed by atoms with Gasteiger partial charge in [0.2, 0.25) is 10.0 Å². The van der Waals surface area contributed by atoms with Gasteiger partial charge in [0, 0.05) is 19.5 Å². The van der Waals surface area contributed by atoms with Gasteiger partial charge in [0.25, 0.3) is 0 Å². The van der Waals surface area contributed by atoms with Crippen LogP contribution >= 0.6 is 0 Å². The average molecular weight is 574 g/mol. The molecule has 0 aliphatic rings. The number of sulfonamides is 1. The van der Waals surface area contributed by atoms with Crippen molar-refractivity contribution < 1.29 is 27.9 Å². The summed E-state index contributed by atoms with van der Waals surface area (Å²) in [5.41, 5.74) is 11.9. The molecular weight excluding hydrogens is 541 g/mol. The number of rotatable bonds is 6. The van der Waals surface area contributed by atoms with Gasteiger partial charge < -0.3 is 5.73 Å². The van der Waals surface area contributed by atoms with Gasteiger partial charge in [-0.3, -0.25) is 0 Å². The Hall–Kier alpha value is -2.63. The Labute approximate surface area is 222 Å². The van der Waals surface area contributed by atoms with Crippen LogP contribution in [0.2, 0.25) is 0 Å². The molecule has 4 nitrogen and oxygen atoms in total. The maximum absolute atomic E-state index is 12.9. The molecule has 0 radical (unpaired) electrons. The molecule has 2 atom stereocenters. The summed E-state index contributed by atoms with van der Waals surface area (Å²) in [4.78, 5) is 0.226. The maximum Gasteiger partial charge on any atom is 0.241 e. The van der Waals surface area contributed by atoms with Gasteiger partial charge in [0.1, 0.15) is 0 Å². The molecule has 4 rings (SSSR count). The van der Waals surface area contributed by atoms with E-state index in [9.17, 15) is 8.42 Å². The number of benzene rings is 4. The molecule has 0 unspecified atom stereocenters. The molecule has 0 saturated heterocycles. The Morgan fingerprint density at radius 3 is 1.51 bits per heavy atom. The Morgan fingerprint density at radius 1 is 0.629 bits per heavy atom. The summed E-state index contributed by atoms with van der Waals surface area (Å²) in [5, 5.41) is 0. The van der Waals surface area contributed by atoms with E-state index in [4.69, 9.17) is 5.73 Å². The van der Waals surface area contributed by atoms with Gasteiger partial charge in [0.05, 0.1) is 17.0 Å². The van der Waals surface area contributed by atoms with E-state index in [1.54, 1.807) is 24.3 Å². The molecule has 0 aliphatic heterocycles. The van der Waals surface area contributed by atoms with Crippen LogP contribution in [-0.4, -0.2) is 8.42 Å². The van der Waals surface area contributed by atoms with Crippen LogP contribution in [0.5, 0.6) is 0 Å². The van der Waals surface area contributed by atoms with Crippen molar-refractivity contribution in [2.45, 2.75) is 37.8 Å². The number of aryl methyl sites for hydroxylation is 3. The Morgan fingerprint density at radius 2 is 1.06 bits per heavy atom. The first-order valence-corrected chi connectivity index (χ1v) is 12.7. The van der Waals surface area contributed by atoms with Gasteiger partial charge in [0.15, 0.2) is 0 Å². The normalized spacial score (nSPS) is 12.5. The fourth-order valence-corrected chi connectivity index (χ4v) is 4.74. The molecule has 0 aliphatic carbocycles. The summed E-state index contributed by atoms with van der Waals surface area (Å²) < 4.78 is 28.6. The first kappa shape index (κ1) is 28.6. The Balaban J connectivity index is 0.000000409. The van der Waals surface area contributed by atoms with Crippen molar-refractivity contribution in [3.05, 3.63) is 137 Å². The fraction of sp³-hybridized carbons (Fsp3) is 0.172. The van der Waals surface area contributed by atoms with Crippen LogP contribution in [0.15, 0.2) is 114 Å². The quantitative estimate of drug-likeness (QED) is 0.277. The Bertz CT molecular complexity index is 1260. The number of nitrogens with one attached hydrogen (secondary N) is 1. The summed E-state index contributed by atoms with van der Waals surface area (Å²) in [5.74, 6) is 0. The summed E-state index contributed by atoms with van der Waals surface area (Å²) in [6.07, 6.45) is 0. The van der Waals surface area contributed by atoms with Crippen LogP contribution in [0, 0.1) is 20.8 Å². The molecule has 6 heteroatoms. The van der Waals surface area contributed by atoms with Crippen molar-refractivity contribution in [3.8, 4) is 0 Å². The Kier molecular flexibility index (Phi) is 11.0. The van der Waals surface area contributed by atoms with Crippen molar-refractivity contribution in [2.24, 2.45) is 5.73 Å². The van der Waals surface area contributed by atoms with E-state index in [1.165, 1.54) is 11.1 Å². The molecule has 4 aromatic carbocycles. The molecule has 0 saturated carbocycles. The second-order valence-electron chi connectivity index (χ2n) is 8.34. The van der Waals surface area contributed by atoms with E-state index < -0.39 is 22.1 Å². The average Bonchev–Trinajstić information content (AvgIpc) is 2.86. The molecule has 0 aromatic heterocycles. The van der Waals surface area contributed by atoms with Crippen LogP contribution in [-0.2, 0) is 29.5 Å². The number of hydrogen-bond acceptors (Lipinski definition) is 3. The van der Waals surface area contributed by atoms with Crippen LogP contribution in [0.3, 0.4) is 0 Å². The van der Waals surface area contributed by atoms with Gasteiger partial charge in [-0.25, -0.2) is 13.1 Å². The molecule has 3 N–H and O–H groups in total. The number of nitrogens with two attached hydrogens (primary N) is 1. The van der Waals surface area contributed by atoms with E-state index in [1.807, 2.05) is 67.6 Å². The minimum atomic E-state index is -3.71. The summed E-state index contributed by atoms with van der Waals surface area (Å²) in [6.45, 7) is 6.16.